The predicted octanol–water partition coefficient (Wildman–Crippen LogP) is 5.08. The molecule has 1 unspecified atom stereocenters. The minimum Gasteiger partial charge on any atom is -0.493 e. The Morgan fingerprint density at radius 1 is 1.32 bits per heavy atom. The zero-order valence-corrected chi connectivity index (χ0v) is 23.5. The number of fused-ring (bicyclic) bond motifs is 3. The second kappa shape index (κ2) is 11.5. The first-order valence-electron chi connectivity index (χ1n) is 12.3. The maximum absolute atomic E-state index is 13.1. The summed E-state index contributed by atoms with van der Waals surface area (Å²) in [6.45, 7) is 2.46. The van der Waals surface area contributed by atoms with E-state index in [9.17, 15) is 9.59 Å². The van der Waals surface area contributed by atoms with Crippen molar-refractivity contribution >= 4 is 49.6 Å². The van der Waals surface area contributed by atoms with Crippen LogP contribution in [0.1, 0.15) is 34.9 Å². The molecule has 1 N–H and O–H groups in total. The molecule has 38 heavy (non-hydrogen) atoms. The number of carbonyl (C=O) groups excluding carboxylic acids is 1. The third-order valence-electron chi connectivity index (χ3n) is 6.48. The molecule has 196 valence electrons. The number of thiophene rings is 1. The van der Waals surface area contributed by atoms with Gasteiger partial charge < -0.3 is 9.47 Å². The van der Waals surface area contributed by atoms with Crippen LogP contribution in [0.25, 0.3) is 10.2 Å². The van der Waals surface area contributed by atoms with Crippen molar-refractivity contribution in [2.24, 2.45) is 11.0 Å². The summed E-state index contributed by atoms with van der Waals surface area (Å²) >= 11 is 5.12. The Labute approximate surface area is 232 Å². The van der Waals surface area contributed by atoms with E-state index in [1.165, 1.54) is 22.0 Å². The van der Waals surface area contributed by atoms with Gasteiger partial charge >= 0.3 is 0 Å². The van der Waals surface area contributed by atoms with Crippen LogP contribution >= 0.6 is 27.3 Å². The van der Waals surface area contributed by atoms with Crippen molar-refractivity contribution in [3.05, 3.63) is 85.2 Å². The number of nitrogens with zero attached hydrogens (tertiary/aromatic N) is 3. The monoisotopic (exact) mass is 594 g/mol. The summed E-state index contributed by atoms with van der Waals surface area (Å²) in [6, 6.07) is 13.4. The molecule has 2 aromatic heterocycles. The lowest BCUT2D eigenvalue weighted by Gasteiger charge is -2.17. The van der Waals surface area contributed by atoms with Crippen LogP contribution in [-0.2, 0) is 30.8 Å². The number of aryl methyl sites for hydroxylation is 1. The zero-order valence-electron chi connectivity index (χ0n) is 21.1. The molecule has 0 radical (unpaired) electrons. The first-order chi connectivity index (χ1) is 18.4. The molecule has 10 heteroatoms. The summed E-state index contributed by atoms with van der Waals surface area (Å²) in [5, 5.41) is 4.72. The lowest BCUT2D eigenvalue weighted by atomic mass is 9.89. The largest absolute Gasteiger partial charge is 0.493 e. The van der Waals surface area contributed by atoms with E-state index in [0.29, 0.717) is 39.4 Å². The number of amides is 1. The third kappa shape index (κ3) is 5.66. The van der Waals surface area contributed by atoms with Crippen LogP contribution in [-0.4, -0.2) is 28.8 Å². The smallest absolute Gasteiger partial charge is 0.262 e. The van der Waals surface area contributed by atoms with Gasteiger partial charge in [0.25, 0.3) is 11.5 Å². The van der Waals surface area contributed by atoms with Gasteiger partial charge in [0.1, 0.15) is 18.0 Å². The lowest BCUT2D eigenvalue weighted by Crippen LogP contribution is -2.30. The Morgan fingerprint density at radius 2 is 2.13 bits per heavy atom. The second-order valence-corrected chi connectivity index (χ2v) is 11.2. The Kier molecular flexibility index (Phi) is 7.90. The van der Waals surface area contributed by atoms with Gasteiger partial charge in [-0.1, -0.05) is 37.3 Å². The van der Waals surface area contributed by atoms with E-state index in [4.69, 9.17) is 9.47 Å². The zero-order chi connectivity index (χ0) is 26.6. The number of hydrogen-bond acceptors (Lipinski definition) is 7. The summed E-state index contributed by atoms with van der Waals surface area (Å²) in [7, 11) is 1.56. The molecule has 0 spiro atoms. The standard InChI is InChI=1S/C28H27BrN4O4S/c1-17-8-9-20-23(10-17)38-27-25(20)28(35)33(16-30-27)14-24(34)32-31-13-19-11-21(29)26(22(12-19)36-2)37-15-18-6-4-3-5-7-18/h3-7,11-13,16-17H,8-10,14-15H2,1-2H3,(H,32,34). The summed E-state index contributed by atoms with van der Waals surface area (Å²) in [4.78, 5) is 32.1. The Bertz CT molecular complexity index is 1560. The highest BCUT2D eigenvalue weighted by Crippen LogP contribution is 2.37. The number of benzene rings is 2. The Balaban J connectivity index is 1.25. The molecule has 4 aromatic rings. The summed E-state index contributed by atoms with van der Waals surface area (Å²) in [5.74, 6) is 1.29. The summed E-state index contributed by atoms with van der Waals surface area (Å²) in [6.07, 6.45) is 5.86. The average Bonchev–Trinajstić information content (AvgIpc) is 3.28. The SMILES string of the molecule is COc1cc(C=NNC(=O)Cn2cnc3sc4c(c3c2=O)CCC(C)C4)cc(Br)c1OCc1ccccc1. The highest BCUT2D eigenvalue weighted by molar-refractivity contribution is 9.10. The number of halogens is 1. The topological polar surface area (TPSA) is 94.8 Å². The quantitative estimate of drug-likeness (QED) is 0.227. The van der Waals surface area contributed by atoms with E-state index in [1.54, 1.807) is 24.5 Å². The molecule has 8 nitrogen and oxygen atoms in total. The maximum atomic E-state index is 13.1. The fraction of sp³-hybridized carbons (Fsp3) is 0.286. The summed E-state index contributed by atoms with van der Waals surface area (Å²) < 4.78 is 13.5. The van der Waals surface area contributed by atoms with E-state index in [0.717, 1.165) is 35.2 Å². The van der Waals surface area contributed by atoms with Crippen LogP contribution in [0.15, 0.2) is 63.2 Å². The first-order valence-corrected chi connectivity index (χ1v) is 13.9. The van der Waals surface area contributed by atoms with E-state index in [1.807, 2.05) is 36.4 Å². The van der Waals surface area contributed by atoms with Gasteiger partial charge in [0.05, 0.1) is 29.5 Å². The Morgan fingerprint density at radius 3 is 2.92 bits per heavy atom. The molecule has 0 fully saturated rings. The van der Waals surface area contributed by atoms with Crippen molar-refractivity contribution in [1.29, 1.82) is 0 Å². The molecule has 0 bridgehead atoms. The van der Waals surface area contributed by atoms with Crippen LogP contribution in [0.3, 0.4) is 0 Å². The van der Waals surface area contributed by atoms with Crippen molar-refractivity contribution in [2.45, 2.75) is 39.3 Å². The highest BCUT2D eigenvalue weighted by Gasteiger charge is 2.23. The van der Waals surface area contributed by atoms with Gasteiger partial charge in [0.15, 0.2) is 11.5 Å². The van der Waals surface area contributed by atoms with Gasteiger partial charge in [0, 0.05) is 4.88 Å². The number of hydrogen-bond donors (Lipinski definition) is 1. The van der Waals surface area contributed by atoms with Crippen molar-refractivity contribution in [1.82, 2.24) is 15.0 Å². The number of carbonyl (C=O) groups is 1. The molecule has 1 aliphatic rings. The second-order valence-electron chi connectivity index (χ2n) is 9.31. The molecular formula is C28H27BrN4O4S. The van der Waals surface area contributed by atoms with E-state index in [-0.39, 0.29) is 12.1 Å². The number of hydrazone groups is 1. The normalized spacial score (nSPS) is 15.0. The van der Waals surface area contributed by atoms with Crippen LogP contribution in [0.2, 0.25) is 0 Å². The first kappa shape index (κ1) is 26.1. The lowest BCUT2D eigenvalue weighted by molar-refractivity contribution is -0.121. The molecule has 1 aliphatic carbocycles. The molecule has 2 aromatic carbocycles. The van der Waals surface area contributed by atoms with Crippen molar-refractivity contribution in [2.75, 3.05) is 7.11 Å². The molecule has 0 aliphatic heterocycles. The van der Waals surface area contributed by atoms with Crippen molar-refractivity contribution in [3.63, 3.8) is 0 Å². The van der Waals surface area contributed by atoms with E-state index >= 15 is 0 Å². The molecule has 0 saturated heterocycles. The number of rotatable bonds is 8. The van der Waals surface area contributed by atoms with Crippen LogP contribution in [0.4, 0.5) is 0 Å². The van der Waals surface area contributed by atoms with E-state index in [2.05, 4.69) is 38.4 Å². The van der Waals surface area contributed by atoms with E-state index < -0.39 is 5.91 Å². The van der Waals surface area contributed by atoms with Gasteiger partial charge in [-0.2, -0.15) is 5.10 Å². The van der Waals surface area contributed by atoms with Gasteiger partial charge in [-0.05, 0) is 69.9 Å². The highest BCUT2D eigenvalue weighted by atomic mass is 79.9. The molecule has 1 amide bonds. The molecule has 1 atom stereocenters. The molecule has 0 saturated carbocycles. The summed E-state index contributed by atoms with van der Waals surface area (Å²) in [5.41, 5.74) is 5.15. The van der Waals surface area contributed by atoms with Gasteiger partial charge in [0.2, 0.25) is 0 Å². The van der Waals surface area contributed by atoms with Gasteiger partial charge in [-0.25, -0.2) is 10.4 Å². The minimum absolute atomic E-state index is 0.167. The van der Waals surface area contributed by atoms with Gasteiger partial charge in [-0.3, -0.25) is 14.2 Å². The van der Waals surface area contributed by atoms with Crippen LogP contribution in [0, 0.1) is 5.92 Å². The van der Waals surface area contributed by atoms with Crippen LogP contribution < -0.4 is 20.5 Å². The fourth-order valence-electron chi connectivity index (χ4n) is 4.53. The molecule has 5 rings (SSSR count). The number of aromatic nitrogens is 2. The molecule has 2 heterocycles. The number of methoxy groups -OCH3 is 1. The predicted molar refractivity (Wildman–Crippen MR) is 152 cm³/mol. The number of nitrogens with one attached hydrogen (secondary N) is 1. The fourth-order valence-corrected chi connectivity index (χ4v) is 6.45. The average molecular weight is 596 g/mol. The number of ether oxygens (including phenoxy) is 2. The third-order valence-corrected chi connectivity index (χ3v) is 8.23. The van der Waals surface area contributed by atoms with Crippen LogP contribution in [0.5, 0.6) is 11.5 Å². The molecular weight excluding hydrogens is 568 g/mol. The van der Waals surface area contributed by atoms with Crippen molar-refractivity contribution < 1.29 is 14.3 Å². The van der Waals surface area contributed by atoms with Gasteiger partial charge in [-0.15, -0.1) is 11.3 Å². The maximum Gasteiger partial charge on any atom is 0.262 e. The van der Waals surface area contributed by atoms with Crippen molar-refractivity contribution in [3.8, 4) is 11.5 Å². The Hall–Kier alpha value is -3.50. The minimum atomic E-state index is -0.420.